The average molecular weight is 221 g/mol. The molecule has 0 N–H and O–H groups in total. The minimum absolute atomic E-state index is 0.0244. The molecule has 16 heavy (non-hydrogen) atoms. The Hall–Kier alpha value is -1.35. The van der Waals surface area contributed by atoms with Crippen molar-refractivity contribution in [3.63, 3.8) is 0 Å². The molecule has 3 heteroatoms. The first-order chi connectivity index (χ1) is 7.56. The topological polar surface area (TPSA) is 29.5 Å². The van der Waals surface area contributed by atoms with E-state index in [0.717, 1.165) is 12.0 Å². The van der Waals surface area contributed by atoms with Crippen LogP contribution in [-0.4, -0.2) is 25.1 Å². The quantitative estimate of drug-likeness (QED) is 0.730. The van der Waals surface area contributed by atoms with E-state index in [2.05, 4.69) is 0 Å². The van der Waals surface area contributed by atoms with Crippen molar-refractivity contribution in [3.8, 4) is 0 Å². The molecule has 1 rings (SSSR count). The molecule has 1 atom stereocenters. The molecule has 3 nitrogen and oxygen atoms in total. The Kier molecular flexibility index (Phi) is 4.07. The normalized spacial score (nSPS) is 14.2. The van der Waals surface area contributed by atoms with Gasteiger partial charge in [0.05, 0.1) is 12.5 Å². The van der Waals surface area contributed by atoms with Crippen LogP contribution in [0.2, 0.25) is 0 Å². The zero-order chi connectivity index (χ0) is 12.2. The summed E-state index contributed by atoms with van der Waals surface area (Å²) in [7, 11) is 3.14. The van der Waals surface area contributed by atoms with Crippen molar-refractivity contribution >= 4 is 5.91 Å². The van der Waals surface area contributed by atoms with E-state index in [4.69, 9.17) is 4.84 Å². The highest BCUT2D eigenvalue weighted by Crippen LogP contribution is 2.29. The van der Waals surface area contributed by atoms with Crippen LogP contribution in [0.15, 0.2) is 30.3 Å². The lowest BCUT2D eigenvalue weighted by molar-refractivity contribution is -0.175. The molecule has 0 fully saturated rings. The fourth-order valence-corrected chi connectivity index (χ4v) is 1.72. The van der Waals surface area contributed by atoms with Gasteiger partial charge in [0.1, 0.15) is 0 Å². The summed E-state index contributed by atoms with van der Waals surface area (Å²) >= 11 is 0. The van der Waals surface area contributed by atoms with Crippen LogP contribution in [0.1, 0.15) is 25.8 Å². The Labute approximate surface area is 97.0 Å². The van der Waals surface area contributed by atoms with Gasteiger partial charge in [-0.05, 0) is 18.9 Å². The second-order valence-electron chi connectivity index (χ2n) is 4.04. The second-order valence-corrected chi connectivity index (χ2v) is 4.04. The maximum absolute atomic E-state index is 12.2. The molecule has 0 radical (unpaired) electrons. The lowest BCUT2D eigenvalue weighted by Crippen LogP contribution is -2.42. The maximum Gasteiger partial charge on any atom is 0.256 e. The van der Waals surface area contributed by atoms with Crippen molar-refractivity contribution in [3.05, 3.63) is 35.9 Å². The highest BCUT2D eigenvalue weighted by Gasteiger charge is 2.35. The summed E-state index contributed by atoms with van der Waals surface area (Å²) in [6.07, 6.45) is 0.740. The molecule has 88 valence electrons. The van der Waals surface area contributed by atoms with Gasteiger partial charge in [0.15, 0.2) is 0 Å². The zero-order valence-corrected chi connectivity index (χ0v) is 10.4. The Morgan fingerprint density at radius 2 is 1.94 bits per heavy atom. The van der Waals surface area contributed by atoms with Gasteiger partial charge >= 0.3 is 0 Å². The van der Waals surface area contributed by atoms with Gasteiger partial charge in [0.25, 0.3) is 5.91 Å². The lowest BCUT2D eigenvalue weighted by Gasteiger charge is -2.30. The Morgan fingerprint density at radius 1 is 1.38 bits per heavy atom. The number of carbonyl (C=O) groups excluding carboxylic acids is 1. The predicted molar refractivity (Wildman–Crippen MR) is 63.9 cm³/mol. The molecular weight excluding hydrogens is 202 g/mol. The van der Waals surface area contributed by atoms with E-state index in [1.54, 1.807) is 7.05 Å². The Balaban J connectivity index is 3.08. The van der Waals surface area contributed by atoms with Crippen molar-refractivity contribution in [1.29, 1.82) is 0 Å². The number of rotatable bonds is 4. The Morgan fingerprint density at radius 3 is 2.38 bits per heavy atom. The number of hydroxylamine groups is 2. The zero-order valence-electron chi connectivity index (χ0n) is 10.4. The van der Waals surface area contributed by atoms with Gasteiger partial charge in [-0.3, -0.25) is 9.63 Å². The largest absolute Gasteiger partial charge is 0.275 e. The smallest absolute Gasteiger partial charge is 0.256 e. The van der Waals surface area contributed by atoms with Gasteiger partial charge in [-0.2, -0.15) is 0 Å². The average Bonchev–Trinajstić information content (AvgIpc) is 2.37. The molecule has 0 aliphatic heterocycles. The van der Waals surface area contributed by atoms with Gasteiger partial charge in [-0.15, -0.1) is 0 Å². The summed E-state index contributed by atoms with van der Waals surface area (Å²) in [5.74, 6) is -0.0244. The van der Waals surface area contributed by atoms with Crippen LogP contribution >= 0.6 is 0 Å². The van der Waals surface area contributed by atoms with Crippen LogP contribution in [0.4, 0.5) is 0 Å². The molecule has 0 aliphatic carbocycles. The molecule has 0 saturated heterocycles. The van der Waals surface area contributed by atoms with Crippen molar-refractivity contribution < 1.29 is 9.63 Å². The summed E-state index contributed by atoms with van der Waals surface area (Å²) in [6, 6.07) is 9.80. The third-order valence-corrected chi connectivity index (χ3v) is 3.15. The van der Waals surface area contributed by atoms with Crippen molar-refractivity contribution in [2.45, 2.75) is 25.7 Å². The van der Waals surface area contributed by atoms with Gasteiger partial charge in [0, 0.05) is 7.05 Å². The molecular formula is C13H19NO2. The molecule has 1 aromatic rings. The molecule has 1 unspecified atom stereocenters. The summed E-state index contributed by atoms with van der Waals surface area (Å²) in [5.41, 5.74) is 0.498. The van der Waals surface area contributed by atoms with E-state index >= 15 is 0 Å². The van der Waals surface area contributed by atoms with Crippen molar-refractivity contribution in [1.82, 2.24) is 5.06 Å². The molecule has 0 saturated carbocycles. The first-order valence-electron chi connectivity index (χ1n) is 5.44. The van der Waals surface area contributed by atoms with Gasteiger partial charge in [-0.1, -0.05) is 37.3 Å². The highest BCUT2D eigenvalue weighted by atomic mass is 16.7. The minimum atomic E-state index is -0.522. The summed E-state index contributed by atoms with van der Waals surface area (Å²) < 4.78 is 0. The number of benzene rings is 1. The van der Waals surface area contributed by atoms with E-state index in [0.29, 0.717) is 0 Å². The fraction of sp³-hybridized carbons (Fsp3) is 0.462. The summed E-state index contributed by atoms with van der Waals surface area (Å²) in [5, 5.41) is 1.29. The first kappa shape index (κ1) is 12.7. The van der Waals surface area contributed by atoms with Crippen LogP contribution < -0.4 is 0 Å². The fourth-order valence-electron chi connectivity index (χ4n) is 1.72. The maximum atomic E-state index is 12.2. The number of hydrogen-bond acceptors (Lipinski definition) is 2. The number of carbonyl (C=O) groups is 1. The van der Waals surface area contributed by atoms with E-state index in [1.165, 1.54) is 12.2 Å². The SMILES string of the molecule is CCC(C)(C(=O)N(C)OC)c1ccccc1. The lowest BCUT2D eigenvalue weighted by atomic mass is 9.79. The molecule has 1 amide bonds. The van der Waals surface area contributed by atoms with Crippen LogP contribution in [0, 0.1) is 0 Å². The number of hydrogen-bond donors (Lipinski definition) is 0. The number of likely N-dealkylation sites (N-methyl/N-ethyl adjacent to an activating group) is 1. The van der Waals surface area contributed by atoms with Crippen molar-refractivity contribution in [2.24, 2.45) is 0 Å². The highest BCUT2D eigenvalue weighted by molar-refractivity contribution is 5.86. The molecule has 0 aromatic heterocycles. The molecule has 0 bridgehead atoms. The van der Waals surface area contributed by atoms with Gasteiger partial charge in [0.2, 0.25) is 0 Å². The van der Waals surface area contributed by atoms with E-state index in [-0.39, 0.29) is 5.91 Å². The summed E-state index contributed by atoms with van der Waals surface area (Å²) in [4.78, 5) is 17.2. The van der Waals surface area contributed by atoms with Crippen LogP contribution in [0.3, 0.4) is 0 Å². The van der Waals surface area contributed by atoms with E-state index < -0.39 is 5.41 Å². The first-order valence-corrected chi connectivity index (χ1v) is 5.44. The number of nitrogens with zero attached hydrogens (tertiary/aromatic N) is 1. The predicted octanol–water partition coefficient (Wildman–Crippen LogP) is 2.37. The van der Waals surface area contributed by atoms with Crippen molar-refractivity contribution in [2.75, 3.05) is 14.2 Å². The third kappa shape index (κ3) is 2.25. The molecule has 0 spiro atoms. The van der Waals surface area contributed by atoms with Gasteiger partial charge < -0.3 is 0 Å². The van der Waals surface area contributed by atoms with Crippen LogP contribution in [0.25, 0.3) is 0 Å². The molecule has 0 heterocycles. The van der Waals surface area contributed by atoms with Crippen LogP contribution in [0.5, 0.6) is 0 Å². The van der Waals surface area contributed by atoms with Gasteiger partial charge in [-0.25, -0.2) is 5.06 Å². The third-order valence-electron chi connectivity index (χ3n) is 3.15. The molecule has 0 aliphatic rings. The van der Waals surface area contributed by atoms with Crippen LogP contribution in [-0.2, 0) is 15.0 Å². The minimum Gasteiger partial charge on any atom is -0.275 e. The second kappa shape index (κ2) is 5.12. The standard InChI is InChI=1S/C13H19NO2/c1-5-13(2,12(15)14(3)16-4)11-9-7-6-8-10-11/h6-10H,5H2,1-4H3. The monoisotopic (exact) mass is 221 g/mol. The van der Waals surface area contributed by atoms with E-state index in [1.807, 2.05) is 44.2 Å². The van der Waals surface area contributed by atoms with E-state index in [9.17, 15) is 4.79 Å². The number of amides is 1. The Bertz CT molecular complexity index is 350. The summed E-state index contributed by atoms with van der Waals surface area (Å²) in [6.45, 7) is 3.95. The molecule has 1 aromatic carbocycles.